The second-order valence-corrected chi connectivity index (χ2v) is 3.61. The van der Waals surface area contributed by atoms with E-state index in [2.05, 4.69) is 10.3 Å². The molecule has 2 N–H and O–H groups in total. The highest BCUT2D eigenvalue weighted by Gasteiger charge is 2.15. The Morgan fingerprint density at radius 3 is 2.78 bits per heavy atom. The predicted molar refractivity (Wildman–Crippen MR) is 58.9 cm³/mol. The lowest BCUT2D eigenvalue weighted by Gasteiger charge is -1.98. The Balaban J connectivity index is 2.26. The summed E-state index contributed by atoms with van der Waals surface area (Å²) in [6.07, 6.45) is 1.41. The molecule has 7 heteroatoms. The Kier molecular flexibility index (Phi) is 3.42. The maximum Gasteiger partial charge on any atom is 0.214 e. The number of carbonyl (C=O) groups is 1. The third-order valence-electron chi connectivity index (χ3n) is 2.31. The average molecular weight is 252 g/mol. The van der Waals surface area contributed by atoms with Gasteiger partial charge in [-0.2, -0.15) is 0 Å². The summed E-state index contributed by atoms with van der Waals surface area (Å²) in [6.45, 7) is 0.792. The first-order valence-electron chi connectivity index (χ1n) is 5.22. The number of benzene rings is 1. The van der Waals surface area contributed by atoms with Gasteiger partial charge in [0.05, 0.1) is 12.7 Å². The van der Waals surface area contributed by atoms with Crippen LogP contribution in [-0.4, -0.2) is 27.3 Å². The molecule has 5 nitrogen and oxygen atoms in total. The number of hydrogen-bond acceptors (Lipinski definition) is 4. The summed E-state index contributed by atoms with van der Waals surface area (Å²) in [5.41, 5.74) is 5.41. The Bertz CT molecular complexity index is 582. The van der Waals surface area contributed by atoms with Gasteiger partial charge in [-0.3, -0.25) is 9.48 Å². The van der Waals surface area contributed by atoms with E-state index in [9.17, 15) is 13.6 Å². The predicted octanol–water partition coefficient (Wildman–Crippen LogP) is 0.746. The van der Waals surface area contributed by atoms with Gasteiger partial charge in [0, 0.05) is 12.1 Å². The van der Waals surface area contributed by atoms with Gasteiger partial charge in [-0.1, -0.05) is 5.21 Å². The van der Waals surface area contributed by atoms with Gasteiger partial charge in [0.1, 0.15) is 0 Å². The van der Waals surface area contributed by atoms with E-state index in [-0.39, 0.29) is 11.3 Å². The maximum atomic E-state index is 13.0. The molecule has 18 heavy (non-hydrogen) atoms. The first-order valence-corrected chi connectivity index (χ1v) is 5.22. The molecule has 0 fully saturated rings. The summed E-state index contributed by atoms with van der Waals surface area (Å²) >= 11 is 0. The number of hydrogen-bond donors (Lipinski definition) is 1. The van der Waals surface area contributed by atoms with Crippen molar-refractivity contribution in [2.75, 3.05) is 6.54 Å². The van der Waals surface area contributed by atoms with Crippen LogP contribution < -0.4 is 5.73 Å². The van der Waals surface area contributed by atoms with Crippen molar-refractivity contribution in [3.8, 4) is 0 Å². The molecule has 0 radical (unpaired) electrons. The molecule has 0 aliphatic heterocycles. The van der Waals surface area contributed by atoms with Crippen LogP contribution in [0.1, 0.15) is 16.1 Å². The number of nitrogens with two attached hydrogens (primary N) is 1. The molecular weight excluding hydrogens is 242 g/mol. The number of halogens is 2. The second kappa shape index (κ2) is 5.01. The zero-order valence-corrected chi connectivity index (χ0v) is 9.31. The highest BCUT2D eigenvalue weighted by Crippen LogP contribution is 2.12. The smallest absolute Gasteiger partial charge is 0.214 e. The van der Waals surface area contributed by atoms with Crippen molar-refractivity contribution in [2.45, 2.75) is 6.54 Å². The van der Waals surface area contributed by atoms with Crippen molar-refractivity contribution in [1.29, 1.82) is 0 Å². The first kappa shape index (κ1) is 12.3. The third-order valence-corrected chi connectivity index (χ3v) is 2.31. The van der Waals surface area contributed by atoms with Gasteiger partial charge in [0.2, 0.25) is 5.78 Å². The summed E-state index contributed by atoms with van der Waals surface area (Å²) in [4.78, 5) is 11.9. The zero-order chi connectivity index (χ0) is 13.1. The van der Waals surface area contributed by atoms with Crippen LogP contribution in [0.25, 0.3) is 0 Å². The van der Waals surface area contributed by atoms with Crippen LogP contribution in [0.3, 0.4) is 0 Å². The minimum atomic E-state index is -1.07. The molecule has 1 aromatic carbocycles. The summed E-state index contributed by atoms with van der Waals surface area (Å²) in [5.74, 6) is -2.59. The molecule has 0 bridgehead atoms. The molecule has 0 unspecified atom stereocenters. The van der Waals surface area contributed by atoms with Crippen LogP contribution in [0.4, 0.5) is 8.78 Å². The molecule has 0 atom stereocenters. The lowest BCUT2D eigenvalue weighted by molar-refractivity contribution is 0.103. The van der Waals surface area contributed by atoms with Crippen molar-refractivity contribution >= 4 is 5.78 Å². The molecule has 0 aliphatic carbocycles. The fourth-order valence-corrected chi connectivity index (χ4v) is 1.43. The third kappa shape index (κ3) is 2.40. The van der Waals surface area contributed by atoms with E-state index in [0.717, 1.165) is 12.1 Å². The molecule has 0 amide bonds. The van der Waals surface area contributed by atoms with Gasteiger partial charge >= 0.3 is 0 Å². The number of rotatable bonds is 4. The Hall–Kier alpha value is -2.15. The van der Waals surface area contributed by atoms with Crippen molar-refractivity contribution in [3.05, 3.63) is 47.3 Å². The van der Waals surface area contributed by atoms with Gasteiger partial charge in [0.15, 0.2) is 17.3 Å². The van der Waals surface area contributed by atoms with Gasteiger partial charge in [-0.25, -0.2) is 8.78 Å². The van der Waals surface area contributed by atoms with Crippen LogP contribution >= 0.6 is 0 Å². The van der Waals surface area contributed by atoms with Gasteiger partial charge in [-0.15, -0.1) is 5.10 Å². The van der Waals surface area contributed by atoms with Crippen molar-refractivity contribution in [2.24, 2.45) is 5.73 Å². The molecule has 94 valence electrons. The second-order valence-electron chi connectivity index (χ2n) is 3.61. The van der Waals surface area contributed by atoms with Crippen molar-refractivity contribution in [1.82, 2.24) is 15.0 Å². The Morgan fingerprint density at radius 2 is 2.11 bits per heavy atom. The summed E-state index contributed by atoms with van der Waals surface area (Å²) in [7, 11) is 0. The number of nitrogens with zero attached hydrogens (tertiary/aromatic N) is 3. The highest BCUT2D eigenvalue weighted by molar-refractivity contribution is 6.07. The fraction of sp³-hybridized carbons (Fsp3) is 0.182. The van der Waals surface area contributed by atoms with Gasteiger partial charge in [-0.05, 0) is 18.2 Å². The van der Waals surface area contributed by atoms with Crippen molar-refractivity contribution < 1.29 is 13.6 Å². The van der Waals surface area contributed by atoms with E-state index in [1.807, 2.05) is 0 Å². The lowest BCUT2D eigenvalue weighted by atomic mass is 10.1. The summed E-state index contributed by atoms with van der Waals surface area (Å²) in [5, 5.41) is 7.35. The topological polar surface area (TPSA) is 73.8 Å². The molecule has 0 saturated heterocycles. The monoisotopic (exact) mass is 252 g/mol. The molecule has 1 heterocycles. The molecule has 0 saturated carbocycles. The van der Waals surface area contributed by atoms with Crippen LogP contribution in [0, 0.1) is 11.6 Å². The first-order chi connectivity index (χ1) is 8.61. The fourth-order valence-electron chi connectivity index (χ4n) is 1.43. The molecule has 1 aromatic heterocycles. The quantitative estimate of drug-likeness (QED) is 0.815. The highest BCUT2D eigenvalue weighted by atomic mass is 19.2. The van der Waals surface area contributed by atoms with Crippen molar-refractivity contribution in [3.63, 3.8) is 0 Å². The van der Waals surface area contributed by atoms with Gasteiger partial charge in [0.25, 0.3) is 0 Å². The van der Waals surface area contributed by atoms with E-state index in [1.54, 1.807) is 0 Å². The van der Waals surface area contributed by atoms with Crippen LogP contribution in [0.2, 0.25) is 0 Å². The van der Waals surface area contributed by atoms with E-state index in [1.165, 1.54) is 16.9 Å². The number of carbonyl (C=O) groups excluding carboxylic acids is 1. The SMILES string of the molecule is NCCn1cc(C(=O)c2ccc(F)c(F)c2)nn1. The van der Waals surface area contributed by atoms with E-state index in [0.29, 0.717) is 13.1 Å². The lowest BCUT2D eigenvalue weighted by Crippen LogP contribution is -2.10. The molecule has 0 aliphatic rings. The summed E-state index contributed by atoms with van der Waals surface area (Å²) in [6, 6.07) is 2.93. The normalized spacial score (nSPS) is 10.6. The Labute approximate surface area is 101 Å². The molecule has 2 rings (SSSR count). The largest absolute Gasteiger partial charge is 0.329 e. The number of ketones is 1. The summed E-state index contributed by atoms with van der Waals surface area (Å²) < 4.78 is 27.1. The minimum absolute atomic E-state index is 0.0219. The van der Waals surface area contributed by atoms with Crippen LogP contribution in [0.15, 0.2) is 24.4 Å². The van der Waals surface area contributed by atoms with E-state index in [4.69, 9.17) is 5.73 Å². The minimum Gasteiger partial charge on any atom is -0.329 e. The zero-order valence-electron chi connectivity index (χ0n) is 9.31. The van der Waals surface area contributed by atoms with E-state index < -0.39 is 17.4 Å². The standard InChI is InChI=1S/C11H10F2N4O/c12-8-2-1-7(5-9(8)13)11(18)10-6-17(4-3-14)16-15-10/h1-2,5-6H,3-4,14H2. The molecular formula is C11H10F2N4O. The maximum absolute atomic E-state index is 13.0. The molecule has 0 spiro atoms. The van der Waals surface area contributed by atoms with Gasteiger partial charge < -0.3 is 5.73 Å². The van der Waals surface area contributed by atoms with Crippen LogP contribution in [-0.2, 0) is 6.54 Å². The van der Waals surface area contributed by atoms with E-state index >= 15 is 0 Å². The Morgan fingerprint density at radius 1 is 1.33 bits per heavy atom. The molecule has 2 aromatic rings. The average Bonchev–Trinajstić information content (AvgIpc) is 2.81. The number of aromatic nitrogens is 3. The van der Waals surface area contributed by atoms with Crippen LogP contribution in [0.5, 0.6) is 0 Å².